The summed E-state index contributed by atoms with van der Waals surface area (Å²) in [5, 5.41) is 12.1. The lowest BCUT2D eigenvalue weighted by molar-refractivity contribution is 0.0656. The number of carboxylic acid groups (broad SMARTS) is 1. The molecule has 0 spiro atoms. The normalized spacial score (nSPS) is 12.0. The predicted octanol–water partition coefficient (Wildman–Crippen LogP) is 1.40. The van der Waals surface area contributed by atoms with Gasteiger partial charge in [-0.2, -0.15) is 4.31 Å². The number of furan rings is 1. The fourth-order valence-electron chi connectivity index (χ4n) is 1.76. The molecule has 2 heterocycles. The molecule has 2 aromatic rings. The maximum absolute atomic E-state index is 12.3. The van der Waals surface area contributed by atoms with Gasteiger partial charge in [0.05, 0.1) is 5.69 Å². The molecule has 21 heavy (non-hydrogen) atoms. The van der Waals surface area contributed by atoms with Gasteiger partial charge in [-0.25, -0.2) is 13.2 Å². The summed E-state index contributed by atoms with van der Waals surface area (Å²) in [7, 11) is -2.56. The molecule has 9 heteroatoms. The van der Waals surface area contributed by atoms with Crippen molar-refractivity contribution in [3.05, 3.63) is 34.9 Å². The zero-order chi connectivity index (χ0) is 15.8. The molecule has 0 bridgehead atoms. The van der Waals surface area contributed by atoms with Gasteiger partial charge in [-0.05, 0) is 26.0 Å². The van der Waals surface area contributed by atoms with Gasteiger partial charge in [-0.15, -0.1) is 0 Å². The fourth-order valence-corrected chi connectivity index (χ4v) is 2.80. The number of sulfonamides is 1. The summed E-state index contributed by atoms with van der Waals surface area (Å²) in [5.41, 5.74) is 1.26. The summed E-state index contributed by atoms with van der Waals surface area (Å²) in [4.78, 5) is 10.7. The van der Waals surface area contributed by atoms with Crippen LogP contribution in [0.2, 0.25) is 0 Å². The van der Waals surface area contributed by atoms with Crippen molar-refractivity contribution >= 4 is 16.0 Å². The Labute approximate surface area is 121 Å². The van der Waals surface area contributed by atoms with Crippen LogP contribution in [-0.4, -0.2) is 36.0 Å². The van der Waals surface area contributed by atoms with E-state index in [4.69, 9.17) is 14.0 Å². The highest BCUT2D eigenvalue weighted by Gasteiger charge is 2.27. The van der Waals surface area contributed by atoms with Gasteiger partial charge in [0.2, 0.25) is 10.9 Å². The second-order valence-corrected chi connectivity index (χ2v) is 6.46. The first-order valence-electron chi connectivity index (χ1n) is 5.94. The predicted molar refractivity (Wildman–Crippen MR) is 70.3 cm³/mol. The molecule has 0 saturated carbocycles. The van der Waals surface area contributed by atoms with Crippen LogP contribution < -0.4 is 0 Å². The molecule has 0 saturated heterocycles. The van der Waals surface area contributed by atoms with Crippen molar-refractivity contribution in [3.63, 3.8) is 0 Å². The molecule has 0 aromatic carbocycles. The molecule has 0 aliphatic rings. The molecule has 2 aromatic heterocycles. The van der Waals surface area contributed by atoms with E-state index in [-0.39, 0.29) is 6.54 Å². The molecular formula is C12H14N2O6S. The molecule has 0 unspecified atom stereocenters. The topological polar surface area (TPSA) is 114 Å². The molecule has 0 atom stereocenters. The van der Waals surface area contributed by atoms with Crippen LogP contribution in [0.25, 0.3) is 0 Å². The van der Waals surface area contributed by atoms with E-state index < -0.39 is 26.8 Å². The van der Waals surface area contributed by atoms with Gasteiger partial charge in [-0.1, -0.05) is 5.16 Å². The average molecular weight is 314 g/mol. The van der Waals surface area contributed by atoms with Crippen molar-refractivity contribution in [2.45, 2.75) is 25.5 Å². The Hall–Kier alpha value is -2.13. The van der Waals surface area contributed by atoms with E-state index >= 15 is 0 Å². The van der Waals surface area contributed by atoms with Gasteiger partial charge in [0.1, 0.15) is 5.76 Å². The first kappa shape index (κ1) is 15.3. The van der Waals surface area contributed by atoms with Crippen LogP contribution >= 0.6 is 0 Å². The highest BCUT2D eigenvalue weighted by Crippen LogP contribution is 2.21. The second-order valence-electron chi connectivity index (χ2n) is 4.49. The highest BCUT2D eigenvalue weighted by molar-refractivity contribution is 7.88. The van der Waals surface area contributed by atoms with Gasteiger partial charge in [0, 0.05) is 19.2 Å². The summed E-state index contributed by atoms with van der Waals surface area (Å²) >= 11 is 0. The third kappa shape index (κ3) is 2.83. The summed E-state index contributed by atoms with van der Waals surface area (Å²) < 4.78 is 35.5. The Balaban J connectivity index is 2.28. The van der Waals surface area contributed by atoms with Crippen LogP contribution in [0.3, 0.4) is 0 Å². The number of aryl methyl sites for hydroxylation is 2. The Morgan fingerprint density at radius 2 is 2.05 bits per heavy atom. The van der Waals surface area contributed by atoms with Gasteiger partial charge in [0.25, 0.3) is 10.0 Å². The number of aromatic carboxylic acids is 1. The van der Waals surface area contributed by atoms with E-state index in [0.717, 1.165) is 16.4 Å². The smallest absolute Gasteiger partial charge is 0.371 e. The number of aromatic nitrogens is 1. The number of nitrogens with zero attached hydrogens (tertiary/aromatic N) is 2. The summed E-state index contributed by atoms with van der Waals surface area (Å²) in [6.07, 6.45) is 0. The number of rotatable bonds is 5. The third-order valence-electron chi connectivity index (χ3n) is 3.02. The van der Waals surface area contributed by atoms with Crippen molar-refractivity contribution in [2.24, 2.45) is 0 Å². The van der Waals surface area contributed by atoms with Gasteiger partial charge < -0.3 is 14.0 Å². The summed E-state index contributed by atoms with van der Waals surface area (Å²) in [6.45, 7) is 3.44. The van der Waals surface area contributed by atoms with Crippen molar-refractivity contribution in [3.8, 4) is 0 Å². The Bertz CT molecular complexity index is 754. The monoisotopic (exact) mass is 314 g/mol. The molecule has 0 aliphatic heterocycles. The number of carbonyl (C=O) groups is 1. The first-order chi connectivity index (χ1) is 9.73. The highest BCUT2D eigenvalue weighted by atomic mass is 32.2. The van der Waals surface area contributed by atoms with Crippen LogP contribution in [0.1, 0.15) is 27.6 Å². The third-order valence-corrected chi connectivity index (χ3v) is 4.70. The lowest BCUT2D eigenvalue weighted by Gasteiger charge is -2.15. The zero-order valence-electron chi connectivity index (χ0n) is 11.7. The standard InChI is InChI=1S/C12H14N2O6S/c1-7-9(8(2)20-13-7)6-14(3)21(17,18)11-5-4-10(19-11)12(15)16/h4-5H,6H2,1-3H3,(H,15,16). The van der Waals surface area contributed by atoms with E-state index in [1.165, 1.54) is 7.05 Å². The molecule has 1 N–H and O–H groups in total. The average Bonchev–Trinajstić information content (AvgIpc) is 3.01. The number of hydrogen-bond donors (Lipinski definition) is 1. The van der Waals surface area contributed by atoms with Crippen LogP contribution in [-0.2, 0) is 16.6 Å². The maximum Gasteiger partial charge on any atom is 0.371 e. The van der Waals surface area contributed by atoms with Crippen molar-refractivity contribution in [1.82, 2.24) is 9.46 Å². The summed E-state index contributed by atoms with van der Waals surface area (Å²) in [6, 6.07) is 2.21. The number of hydrogen-bond acceptors (Lipinski definition) is 6. The molecule has 0 amide bonds. The first-order valence-corrected chi connectivity index (χ1v) is 7.38. The van der Waals surface area contributed by atoms with E-state index in [0.29, 0.717) is 17.0 Å². The quantitative estimate of drug-likeness (QED) is 0.887. The van der Waals surface area contributed by atoms with Crippen LogP contribution in [0.4, 0.5) is 0 Å². The molecule has 114 valence electrons. The van der Waals surface area contributed by atoms with Crippen LogP contribution in [0, 0.1) is 13.8 Å². The fraction of sp³-hybridized carbons (Fsp3) is 0.333. The summed E-state index contributed by atoms with van der Waals surface area (Å²) in [5.74, 6) is -1.23. The molecule has 2 rings (SSSR count). The van der Waals surface area contributed by atoms with E-state index in [1.54, 1.807) is 13.8 Å². The van der Waals surface area contributed by atoms with Crippen LogP contribution in [0.15, 0.2) is 26.2 Å². The SMILES string of the molecule is Cc1noc(C)c1CN(C)S(=O)(=O)c1ccc(C(=O)O)o1. The lowest BCUT2D eigenvalue weighted by Crippen LogP contribution is -2.26. The molecule has 0 fully saturated rings. The van der Waals surface area contributed by atoms with E-state index in [2.05, 4.69) is 5.16 Å². The lowest BCUT2D eigenvalue weighted by atomic mass is 10.2. The Morgan fingerprint density at radius 1 is 1.38 bits per heavy atom. The van der Waals surface area contributed by atoms with Crippen molar-refractivity contribution < 1.29 is 27.3 Å². The minimum absolute atomic E-state index is 0.0482. The maximum atomic E-state index is 12.3. The molecule has 8 nitrogen and oxygen atoms in total. The second kappa shape index (κ2) is 5.34. The van der Waals surface area contributed by atoms with Gasteiger partial charge in [-0.3, -0.25) is 0 Å². The molecule has 0 radical (unpaired) electrons. The minimum atomic E-state index is -3.93. The molecular weight excluding hydrogens is 300 g/mol. The largest absolute Gasteiger partial charge is 0.475 e. The molecule has 0 aliphatic carbocycles. The minimum Gasteiger partial charge on any atom is -0.475 e. The van der Waals surface area contributed by atoms with Crippen LogP contribution in [0.5, 0.6) is 0 Å². The van der Waals surface area contributed by atoms with Crippen molar-refractivity contribution in [2.75, 3.05) is 7.05 Å². The zero-order valence-corrected chi connectivity index (χ0v) is 12.5. The van der Waals surface area contributed by atoms with Gasteiger partial charge >= 0.3 is 5.97 Å². The Kier molecular flexibility index (Phi) is 3.88. The van der Waals surface area contributed by atoms with E-state index in [9.17, 15) is 13.2 Å². The van der Waals surface area contributed by atoms with Crippen molar-refractivity contribution in [1.29, 1.82) is 0 Å². The van der Waals surface area contributed by atoms with E-state index in [1.807, 2.05) is 0 Å². The number of carboxylic acids is 1. The van der Waals surface area contributed by atoms with Gasteiger partial charge in [0.15, 0.2) is 0 Å². The Morgan fingerprint density at radius 3 is 2.52 bits per heavy atom.